The van der Waals surface area contributed by atoms with Gasteiger partial charge in [-0.25, -0.2) is 24.1 Å². The highest BCUT2D eigenvalue weighted by Crippen LogP contribution is 2.67. The van der Waals surface area contributed by atoms with E-state index < -0.39 is 62.3 Å². The molecule has 0 bridgehead atoms. The molecule has 2 saturated heterocycles. The molecule has 2 unspecified atom stereocenters. The van der Waals surface area contributed by atoms with Gasteiger partial charge in [0.15, 0.2) is 23.0 Å². The number of thiol groups is 1. The Morgan fingerprint density at radius 2 is 2.02 bits per heavy atom. The van der Waals surface area contributed by atoms with Gasteiger partial charge in [0, 0.05) is 18.2 Å². The van der Waals surface area contributed by atoms with E-state index in [1.807, 2.05) is 0 Å². The second-order valence-corrected chi connectivity index (χ2v) is 14.4. The summed E-state index contributed by atoms with van der Waals surface area (Å²) < 4.78 is 56.0. The van der Waals surface area contributed by atoms with E-state index in [-0.39, 0.29) is 36.2 Å². The van der Waals surface area contributed by atoms with Crippen molar-refractivity contribution in [3.05, 3.63) is 35.3 Å². The van der Waals surface area contributed by atoms with Crippen molar-refractivity contribution in [1.29, 1.82) is 0 Å². The van der Waals surface area contributed by atoms with E-state index in [9.17, 15) is 23.9 Å². The van der Waals surface area contributed by atoms with Crippen molar-refractivity contribution in [3.63, 3.8) is 0 Å². The summed E-state index contributed by atoms with van der Waals surface area (Å²) in [6.07, 6.45) is -1.42. The lowest BCUT2D eigenvalue weighted by Gasteiger charge is -2.31. The zero-order valence-corrected chi connectivity index (χ0v) is 23.5. The predicted octanol–water partition coefficient (Wildman–Crippen LogP) is 0.349. The molecule has 0 spiro atoms. The van der Waals surface area contributed by atoms with Crippen LogP contribution in [0, 0.1) is 5.92 Å². The molecular formula is C20H24N8O10P2S. The largest absolute Gasteiger partial charge is 0.472 e. The van der Waals surface area contributed by atoms with Gasteiger partial charge < -0.3 is 30.3 Å². The number of hydrogen-bond donors (Lipinski definition) is 6. The van der Waals surface area contributed by atoms with Gasteiger partial charge in [0.2, 0.25) is 5.95 Å². The van der Waals surface area contributed by atoms with E-state index in [1.165, 1.54) is 17.2 Å². The topological polar surface area (TPSA) is 248 Å². The quantitative estimate of drug-likeness (QED) is 0.169. The number of aromatic amines is 1. The monoisotopic (exact) mass is 630 g/mol. The first-order valence-electron chi connectivity index (χ1n) is 12.4. The first kappa shape index (κ1) is 27.4. The van der Waals surface area contributed by atoms with E-state index in [1.54, 1.807) is 12.3 Å². The normalized spacial score (nSPS) is 42.2. The Hall–Kier alpha value is -2.44. The van der Waals surface area contributed by atoms with Crippen LogP contribution in [0.3, 0.4) is 0 Å². The number of anilines is 2. The summed E-state index contributed by atoms with van der Waals surface area (Å²) in [5, 5.41) is 14.7. The van der Waals surface area contributed by atoms with E-state index >= 15 is 0 Å². The van der Waals surface area contributed by atoms with Crippen LogP contribution in [0.2, 0.25) is 0 Å². The Kier molecular flexibility index (Phi) is 6.37. The van der Waals surface area contributed by atoms with E-state index in [0.29, 0.717) is 12.2 Å². The number of nitrogens with one attached hydrogen (secondary N) is 2. The molecule has 18 nitrogen and oxygen atoms in total. The maximum absolute atomic E-state index is 13.5. The van der Waals surface area contributed by atoms with E-state index in [0.717, 1.165) is 0 Å². The van der Waals surface area contributed by atoms with Crippen LogP contribution in [0.1, 0.15) is 19.1 Å². The van der Waals surface area contributed by atoms with Gasteiger partial charge in [0.25, 0.3) is 5.56 Å². The summed E-state index contributed by atoms with van der Waals surface area (Å²) in [7, 11) is -4.75. The summed E-state index contributed by atoms with van der Waals surface area (Å²) in [4.78, 5) is 41.3. The highest BCUT2D eigenvalue weighted by Gasteiger charge is 2.81. The molecule has 0 aromatic carbocycles. The van der Waals surface area contributed by atoms with Crippen LogP contribution in [0.15, 0.2) is 29.7 Å². The second-order valence-electron chi connectivity index (χ2n) is 10.2. The molecule has 41 heavy (non-hydrogen) atoms. The highest BCUT2D eigenvalue weighted by atomic mass is 32.7. The molecule has 10 atom stereocenters. The number of nitrogens with two attached hydrogens (primary N) is 1. The zero-order valence-electron chi connectivity index (χ0n) is 20.8. The van der Waals surface area contributed by atoms with Crippen LogP contribution in [0.5, 0.6) is 0 Å². The molecule has 4 fully saturated rings. The Balaban J connectivity index is 1.18. The van der Waals surface area contributed by atoms with Gasteiger partial charge >= 0.3 is 14.6 Å². The van der Waals surface area contributed by atoms with Crippen molar-refractivity contribution in [1.82, 2.24) is 29.5 Å². The van der Waals surface area contributed by atoms with Gasteiger partial charge in [-0.15, -0.1) is 0 Å². The molecule has 4 aliphatic rings. The molecule has 3 aromatic heterocycles. The molecule has 0 amide bonds. The van der Waals surface area contributed by atoms with E-state index in [2.05, 4.69) is 42.5 Å². The van der Waals surface area contributed by atoms with Crippen molar-refractivity contribution in [2.45, 2.75) is 55.1 Å². The third-order valence-electron chi connectivity index (χ3n) is 7.58. The number of imidazole rings is 1. The minimum absolute atomic E-state index is 0.00422. The molecule has 7 rings (SSSR count). The number of phosphoric acid groups is 1. The number of phosphoric ester groups is 1. The number of rotatable bonds is 3. The van der Waals surface area contributed by atoms with Crippen molar-refractivity contribution in [3.8, 4) is 0 Å². The van der Waals surface area contributed by atoms with Gasteiger partial charge in [-0.05, 0) is 18.9 Å². The fourth-order valence-electron chi connectivity index (χ4n) is 5.70. The smallest absolute Gasteiger partial charge is 0.381 e. The number of ether oxygens (including phenoxy) is 1. The molecule has 2 aliphatic carbocycles. The van der Waals surface area contributed by atoms with Gasteiger partial charge in [-0.1, -0.05) is 12.2 Å². The maximum atomic E-state index is 13.5. The summed E-state index contributed by atoms with van der Waals surface area (Å²) in [5.41, 5.74) is 2.92. The van der Waals surface area contributed by atoms with Gasteiger partial charge in [0.05, 0.1) is 19.0 Å². The van der Waals surface area contributed by atoms with Crippen molar-refractivity contribution >= 4 is 49.8 Å². The molecule has 2 aliphatic heterocycles. The number of aromatic nitrogens is 6. The summed E-state index contributed by atoms with van der Waals surface area (Å²) in [6.45, 7) is -4.42. The average Bonchev–Trinajstić information content (AvgIpc) is 3.27. The fourth-order valence-corrected chi connectivity index (χ4v) is 8.42. The molecule has 2 saturated carbocycles. The molecule has 5 heterocycles. The minimum atomic E-state index is -4.75. The lowest BCUT2D eigenvalue weighted by Crippen LogP contribution is -2.39. The fraction of sp³-hybridized carbons (Fsp3) is 0.550. The Bertz CT molecular complexity index is 1660. The number of H-pyrrole nitrogens is 1. The van der Waals surface area contributed by atoms with Crippen molar-refractivity contribution < 1.29 is 42.0 Å². The Morgan fingerprint density at radius 3 is 2.80 bits per heavy atom. The van der Waals surface area contributed by atoms with Crippen molar-refractivity contribution in [2.24, 2.45) is 5.92 Å². The lowest BCUT2D eigenvalue weighted by atomic mass is 10.1. The number of hydrogen-bond acceptors (Lipinski definition) is 15. The SMILES string of the molecule is Nc1nc2c(ncn2[C@@H]2O[C@@H]3[C@@H]4OP(=O)(O)O[C@H]5C[C@H](Nc6ccncn6)C[C@@H]5COP(=O)(S)O[C@@H]2[C@]34O)c(=O)[nH]1. The second kappa shape index (κ2) is 9.54. The maximum Gasteiger partial charge on any atom is 0.472 e. The lowest BCUT2D eigenvalue weighted by molar-refractivity contribution is -0.0893. The summed E-state index contributed by atoms with van der Waals surface area (Å²) in [5.74, 6) is -0.171. The molecule has 21 heteroatoms. The minimum Gasteiger partial charge on any atom is -0.381 e. The number of nitrogens with zero attached hydrogens (tertiary/aromatic N) is 5. The number of fused-ring (bicyclic) bond motifs is 3. The third kappa shape index (κ3) is 4.79. The molecule has 0 radical (unpaired) electrons. The van der Waals surface area contributed by atoms with Crippen LogP contribution < -0.4 is 16.6 Å². The molecular weight excluding hydrogens is 606 g/mol. The summed E-state index contributed by atoms with van der Waals surface area (Å²) >= 11 is 4.13. The van der Waals surface area contributed by atoms with Crippen molar-refractivity contribution in [2.75, 3.05) is 17.7 Å². The van der Waals surface area contributed by atoms with Crippen LogP contribution in [-0.4, -0.2) is 82.2 Å². The molecule has 220 valence electrons. The number of nitrogen functional groups attached to an aromatic ring is 1. The van der Waals surface area contributed by atoms with Gasteiger partial charge in [-0.2, -0.15) is 4.98 Å². The Labute approximate surface area is 235 Å². The average molecular weight is 630 g/mol. The first-order chi connectivity index (χ1) is 19.4. The van der Waals surface area contributed by atoms with Crippen LogP contribution >= 0.6 is 26.9 Å². The first-order valence-corrected chi connectivity index (χ1v) is 16.6. The van der Waals surface area contributed by atoms with Crippen LogP contribution in [0.25, 0.3) is 11.2 Å². The standard InChI is InChI=1S/C20H24N8O10P2S/c21-19-26-16-12(17(29)27-19)24-7-28(16)18-15-20(30)13(35-18)14(20)37-39(31,32)36-10-4-9(25-11-1-2-22-6-23-11)3-8(10)5-34-40(33,41)38-15/h1-2,6-10,13-15,18,30H,3-5H2,(H,31,32)(H,33,41)(H,22,23,25)(H3,21,26,27,29)/t8-,9-,10+,13-,14+,15+,18-,20+,40?/m1/s1. The van der Waals surface area contributed by atoms with Crippen LogP contribution in [-0.2, 0) is 32.0 Å². The third-order valence-corrected chi connectivity index (χ3v) is 10.2. The van der Waals surface area contributed by atoms with Gasteiger partial charge in [0.1, 0.15) is 30.5 Å². The van der Waals surface area contributed by atoms with Gasteiger partial charge in [-0.3, -0.25) is 27.9 Å². The van der Waals surface area contributed by atoms with E-state index in [4.69, 9.17) is 28.6 Å². The molecule has 6 N–H and O–H groups in total. The van der Waals surface area contributed by atoms with Crippen LogP contribution in [0.4, 0.5) is 11.8 Å². The summed E-state index contributed by atoms with van der Waals surface area (Å²) in [6, 6.07) is 1.43. The number of aliphatic hydroxyl groups is 1. The molecule has 3 aromatic rings. The zero-order chi connectivity index (χ0) is 28.7. The predicted molar refractivity (Wildman–Crippen MR) is 141 cm³/mol. The Morgan fingerprint density at radius 1 is 1.20 bits per heavy atom. The highest BCUT2D eigenvalue weighted by molar-refractivity contribution is 8.44.